The topological polar surface area (TPSA) is 38.3 Å². The molecule has 2 rings (SSSR count). The van der Waals surface area contributed by atoms with Gasteiger partial charge in [0.05, 0.1) is 7.11 Å². The zero-order valence-electron chi connectivity index (χ0n) is 15.3. The number of esters is 1. The van der Waals surface area contributed by atoms with Gasteiger partial charge < -0.3 is 4.74 Å². The molecule has 3 nitrogen and oxygen atoms in total. The fraction of sp³-hybridized carbons (Fsp3) is 0.261. The first-order valence-corrected chi connectivity index (χ1v) is 8.88. The molecule has 0 amide bonds. The van der Waals surface area contributed by atoms with E-state index in [-0.39, 0.29) is 17.9 Å². The first kappa shape index (κ1) is 19.7. The van der Waals surface area contributed by atoms with Crippen LogP contribution >= 0.6 is 0 Å². The van der Waals surface area contributed by atoms with Crippen molar-refractivity contribution in [1.82, 2.24) is 5.32 Å². The van der Waals surface area contributed by atoms with E-state index < -0.39 is 6.04 Å². The standard InChI is InChI=1S/C23H27NO2/c1-4-6-17-21(20(5-2)18-13-9-7-10-14-18)24-22(23(25)26-3)19-15-11-8-12-16-19/h4-5,7-16,20-22,24H,1-2,6,17H2,3H3/t20-,21+,22-/m0/s1. The Balaban J connectivity index is 2.33. The molecule has 0 radical (unpaired) electrons. The van der Waals surface area contributed by atoms with Gasteiger partial charge in [-0.15, -0.1) is 13.2 Å². The second kappa shape index (κ2) is 10.4. The average molecular weight is 349 g/mol. The van der Waals surface area contributed by atoms with Gasteiger partial charge in [-0.25, -0.2) is 4.79 Å². The van der Waals surface area contributed by atoms with E-state index in [1.807, 2.05) is 60.7 Å². The predicted octanol–water partition coefficient (Wildman–Crippen LogP) is 4.79. The summed E-state index contributed by atoms with van der Waals surface area (Å²) in [5.74, 6) is -0.220. The summed E-state index contributed by atoms with van der Waals surface area (Å²) >= 11 is 0. The van der Waals surface area contributed by atoms with Crippen LogP contribution in [0.15, 0.2) is 86.0 Å². The molecule has 3 heteroatoms. The van der Waals surface area contributed by atoms with Gasteiger partial charge >= 0.3 is 5.97 Å². The lowest BCUT2D eigenvalue weighted by Gasteiger charge is -2.30. The van der Waals surface area contributed by atoms with E-state index >= 15 is 0 Å². The molecule has 0 heterocycles. The Morgan fingerprint density at radius 1 is 1.04 bits per heavy atom. The van der Waals surface area contributed by atoms with Crippen LogP contribution in [0.2, 0.25) is 0 Å². The van der Waals surface area contributed by atoms with Crippen LogP contribution in [0.1, 0.15) is 35.9 Å². The highest BCUT2D eigenvalue weighted by molar-refractivity contribution is 5.77. The monoisotopic (exact) mass is 349 g/mol. The highest BCUT2D eigenvalue weighted by Gasteiger charge is 2.28. The smallest absolute Gasteiger partial charge is 0.327 e. The lowest BCUT2D eigenvalue weighted by Crippen LogP contribution is -2.40. The minimum Gasteiger partial charge on any atom is -0.468 e. The van der Waals surface area contributed by atoms with Crippen molar-refractivity contribution < 1.29 is 9.53 Å². The molecule has 0 unspecified atom stereocenters. The van der Waals surface area contributed by atoms with Gasteiger partial charge in [-0.2, -0.15) is 0 Å². The summed E-state index contributed by atoms with van der Waals surface area (Å²) in [6, 6.07) is 19.4. The minimum absolute atomic E-state index is 0.0252. The molecule has 0 aromatic heterocycles. The van der Waals surface area contributed by atoms with E-state index in [2.05, 4.69) is 30.6 Å². The summed E-state index contributed by atoms with van der Waals surface area (Å²) in [5.41, 5.74) is 2.06. The highest BCUT2D eigenvalue weighted by Crippen LogP contribution is 2.27. The number of ether oxygens (including phenoxy) is 1. The lowest BCUT2D eigenvalue weighted by molar-refractivity contribution is -0.143. The zero-order valence-corrected chi connectivity index (χ0v) is 15.3. The maximum atomic E-state index is 12.4. The van der Waals surface area contributed by atoms with Gasteiger partial charge in [-0.3, -0.25) is 5.32 Å². The maximum Gasteiger partial charge on any atom is 0.327 e. The normalized spacial score (nSPS) is 14.0. The Morgan fingerprint density at radius 2 is 1.62 bits per heavy atom. The Labute approximate surface area is 156 Å². The van der Waals surface area contributed by atoms with Crippen LogP contribution < -0.4 is 5.32 Å². The lowest BCUT2D eigenvalue weighted by atomic mass is 9.87. The second-order valence-electron chi connectivity index (χ2n) is 6.18. The van der Waals surface area contributed by atoms with E-state index in [0.717, 1.165) is 18.4 Å². The second-order valence-corrected chi connectivity index (χ2v) is 6.18. The van der Waals surface area contributed by atoms with E-state index in [1.54, 1.807) is 0 Å². The molecule has 3 atom stereocenters. The van der Waals surface area contributed by atoms with Crippen LogP contribution in [0, 0.1) is 0 Å². The van der Waals surface area contributed by atoms with Crippen molar-refractivity contribution in [2.75, 3.05) is 7.11 Å². The Hall–Kier alpha value is -2.65. The molecule has 0 spiro atoms. The van der Waals surface area contributed by atoms with Crippen LogP contribution in [-0.2, 0) is 9.53 Å². The zero-order chi connectivity index (χ0) is 18.8. The molecule has 0 saturated carbocycles. The molecule has 2 aromatic carbocycles. The molecule has 0 fully saturated rings. The van der Waals surface area contributed by atoms with Crippen LogP contribution in [0.25, 0.3) is 0 Å². The van der Waals surface area contributed by atoms with Gasteiger partial charge in [0.15, 0.2) is 0 Å². The van der Waals surface area contributed by atoms with Gasteiger partial charge in [-0.05, 0) is 24.0 Å². The van der Waals surface area contributed by atoms with Gasteiger partial charge in [-0.1, -0.05) is 72.8 Å². The number of rotatable bonds is 10. The molecule has 1 N–H and O–H groups in total. The summed E-state index contributed by atoms with van der Waals surface area (Å²) in [6.07, 6.45) is 5.53. The van der Waals surface area contributed by atoms with Gasteiger partial charge in [0.2, 0.25) is 0 Å². The number of hydrogen-bond acceptors (Lipinski definition) is 3. The molecular formula is C23H27NO2. The van der Waals surface area contributed by atoms with E-state index in [0.29, 0.717) is 0 Å². The summed E-state index contributed by atoms with van der Waals surface area (Å²) < 4.78 is 5.04. The molecule has 0 bridgehead atoms. The van der Waals surface area contributed by atoms with E-state index in [9.17, 15) is 4.79 Å². The predicted molar refractivity (Wildman–Crippen MR) is 107 cm³/mol. The van der Waals surface area contributed by atoms with Crippen molar-refractivity contribution in [1.29, 1.82) is 0 Å². The summed E-state index contributed by atoms with van der Waals surface area (Å²) in [6.45, 7) is 7.86. The molecule has 0 aliphatic carbocycles. The van der Waals surface area contributed by atoms with Crippen LogP contribution in [0.3, 0.4) is 0 Å². The van der Waals surface area contributed by atoms with Crippen LogP contribution in [0.4, 0.5) is 0 Å². The van der Waals surface area contributed by atoms with Crippen molar-refractivity contribution in [2.45, 2.75) is 30.8 Å². The van der Waals surface area contributed by atoms with Gasteiger partial charge in [0.1, 0.15) is 6.04 Å². The summed E-state index contributed by atoms with van der Waals surface area (Å²) in [4.78, 5) is 12.4. The molecular weight excluding hydrogens is 322 g/mol. The third kappa shape index (κ3) is 5.17. The third-order valence-electron chi connectivity index (χ3n) is 4.50. The van der Waals surface area contributed by atoms with Crippen molar-refractivity contribution >= 4 is 5.97 Å². The third-order valence-corrected chi connectivity index (χ3v) is 4.50. The number of hydrogen-bond donors (Lipinski definition) is 1. The number of nitrogens with one attached hydrogen (secondary N) is 1. The number of benzene rings is 2. The van der Waals surface area contributed by atoms with Crippen molar-refractivity contribution in [3.05, 3.63) is 97.1 Å². The molecule has 2 aromatic rings. The number of methoxy groups -OCH3 is 1. The fourth-order valence-electron chi connectivity index (χ4n) is 3.15. The van der Waals surface area contributed by atoms with Gasteiger partial charge in [0, 0.05) is 12.0 Å². The minimum atomic E-state index is -0.526. The number of carbonyl (C=O) groups is 1. The molecule has 0 saturated heterocycles. The van der Waals surface area contributed by atoms with Crippen molar-refractivity contribution in [3.63, 3.8) is 0 Å². The summed E-state index contributed by atoms with van der Waals surface area (Å²) in [5, 5.41) is 3.51. The largest absolute Gasteiger partial charge is 0.468 e. The maximum absolute atomic E-state index is 12.4. The van der Waals surface area contributed by atoms with Crippen LogP contribution in [0.5, 0.6) is 0 Å². The quantitative estimate of drug-likeness (QED) is 0.495. The SMILES string of the molecule is C=CCC[C@@H](N[C@H](C(=O)OC)c1ccccc1)[C@@H](C=C)c1ccccc1. The Morgan fingerprint density at radius 3 is 2.12 bits per heavy atom. The van der Waals surface area contributed by atoms with E-state index in [1.165, 1.54) is 12.7 Å². The summed E-state index contributed by atoms with van der Waals surface area (Å²) in [7, 11) is 1.42. The first-order valence-electron chi connectivity index (χ1n) is 8.88. The first-order chi connectivity index (χ1) is 12.7. The molecule has 136 valence electrons. The Bertz CT molecular complexity index is 697. The molecule has 0 aliphatic rings. The highest BCUT2D eigenvalue weighted by atomic mass is 16.5. The van der Waals surface area contributed by atoms with Gasteiger partial charge in [0.25, 0.3) is 0 Å². The molecule has 0 aliphatic heterocycles. The number of allylic oxidation sites excluding steroid dienone is 1. The molecule has 26 heavy (non-hydrogen) atoms. The van der Waals surface area contributed by atoms with Crippen molar-refractivity contribution in [2.24, 2.45) is 0 Å². The van der Waals surface area contributed by atoms with E-state index in [4.69, 9.17) is 4.74 Å². The van der Waals surface area contributed by atoms with Crippen molar-refractivity contribution in [3.8, 4) is 0 Å². The van der Waals surface area contributed by atoms with Crippen LogP contribution in [-0.4, -0.2) is 19.1 Å². The Kier molecular flexibility index (Phi) is 7.84. The number of carbonyl (C=O) groups excluding carboxylic acids is 1. The average Bonchev–Trinajstić information content (AvgIpc) is 2.71. The fourth-order valence-corrected chi connectivity index (χ4v) is 3.15.